The first-order chi connectivity index (χ1) is 13.4. The molecule has 0 atom stereocenters. The Kier molecular flexibility index (Phi) is 6.40. The van der Waals surface area contributed by atoms with Crippen molar-refractivity contribution in [1.82, 2.24) is 0 Å². The lowest BCUT2D eigenvalue weighted by molar-refractivity contribution is -0.274. The Hall–Kier alpha value is -2.75. The topological polar surface area (TPSA) is 27.7 Å². The predicted molar refractivity (Wildman–Crippen MR) is 99.4 cm³/mol. The highest BCUT2D eigenvalue weighted by Crippen LogP contribution is 2.26. The number of alkyl halides is 3. The molecule has 3 rings (SSSR count). The number of hydrogen-bond donors (Lipinski definition) is 0. The SMILES string of the molecule is CC=C[C@H]1CO[C@H](C#Cc2ccc(-c3ccc(OC(F)(F)F)cc3)cc2)OC1. The Labute approximate surface area is 161 Å². The van der Waals surface area contributed by atoms with Gasteiger partial charge in [-0.1, -0.05) is 42.3 Å². The number of hydrogen-bond acceptors (Lipinski definition) is 3. The fraction of sp³-hybridized carbons (Fsp3) is 0.273. The maximum Gasteiger partial charge on any atom is 0.573 e. The number of halogens is 3. The fourth-order valence-corrected chi connectivity index (χ4v) is 2.72. The van der Waals surface area contributed by atoms with Crippen LogP contribution in [0.25, 0.3) is 11.1 Å². The van der Waals surface area contributed by atoms with Gasteiger partial charge >= 0.3 is 6.36 Å². The van der Waals surface area contributed by atoms with E-state index in [0.717, 1.165) is 16.7 Å². The van der Waals surface area contributed by atoms with Gasteiger partial charge in [-0.15, -0.1) is 13.2 Å². The van der Waals surface area contributed by atoms with E-state index in [9.17, 15) is 13.2 Å². The molecule has 0 aliphatic carbocycles. The smallest absolute Gasteiger partial charge is 0.406 e. The summed E-state index contributed by atoms with van der Waals surface area (Å²) in [6.45, 7) is 3.12. The van der Waals surface area contributed by atoms with Gasteiger partial charge in [0.25, 0.3) is 0 Å². The Balaban J connectivity index is 1.60. The summed E-state index contributed by atoms with van der Waals surface area (Å²) in [5, 5.41) is 0. The van der Waals surface area contributed by atoms with Crippen molar-refractivity contribution < 1.29 is 27.4 Å². The Morgan fingerprint density at radius 1 is 0.964 bits per heavy atom. The summed E-state index contributed by atoms with van der Waals surface area (Å²) < 4.78 is 51.6. The van der Waals surface area contributed by atoms with Crippen molar-refractivity contribution in [3.05, 3.63) is 66.2 Å². The molecule has 0 aromatic heterocycles. The van der Waals surface area contributed by atoms with Crippen molar-refractivity contribution >= 4 is 0 Å². The monoisotopic (exact) mass is 388 g/mol. The highest BCUT2D eigenvalue weighted by molar-refractivity contribution is 5.65. The molecule has 0 radical (unpaired) electrons. The van der Waals surface area contributed by atoms with Crippen LogP contribution in [-0.2, 0) is 9.47 Å². The molecule has 0 amide bonds. The lowest BCUT2D eigenvalue weighted by atomic mass is 10.0. The van der Waals surface area contributed by atoms with E-state index in [1.165, 1.54) is 12.1 Å². The number of ether oxygens (including phenoxy) is 3. The normalized spacial score (nSPS) is 19.9. The van der Waals surface area contributed by atoms with Crippen LogP contribution >= 0.6 is 0 Å². The minimum atomic E-state index is -4.69. The van der Waals surface area contributed by atoms with Crippen LogP contribution in [0.5, 0.6) is 5.75 Å². The Morgan fingerprint density at radius 3 is 2.07 bits per heavy atom. The van der Waals surface area contributed by atoms with Crippen LogP contribution in [0.15, 0.2) is 60.7 Å². The second-order valence-electron chi connectivity index (χ2n) is 6.20. The van der Waals surface area contributed by atoms with E-state index >= 15 is 0 Å². The molecule has 1 saturated heterocycles. The Morgan fingerprint density at radius 2 is 1.54 bits per heavy atom. The van der Waals surface area contributed by atoms with Crippen LogP contribution in [0.4, 0.5) is 13.2 Å². The molecule has 3 nitrogen and oxygen atoms in total. The third-order valence-corrected chi connectivity index (χ3v) is 4.03. The van der Waals surface area contributed by atoms with E-state index in [1.54, 1.807) is 12.1 Å². The maximum atomic E-state index is 12.2. The summed E-state index contributed by atoms with van der Waals surface area (Å²) in [5.74, 6) is 5.97. The van der Waals surface area contributed by atoms with Gasteiger partial charge in [0.15, 0.2) is 0 Å². The third-order valence-electron chi connectivity index (χ3n) is 4.03. The first-order valence-electron chi connectivity index (χ1n) is 8.77. The van der Waals surface area contributed by atoms with Gasteiger partial charge < -0.3 is 14.2 Å². The van der Waals surface area contributed by atoms with Crippen molar-refractivity contribution in [2.45, 2.75) is 19.6 Å². The van der Waals surface area contributed by atoms with Crippen LogP contribution in [0, 0.1) is 17.8 Å². The van der Waals surface area contributed by atoms with Crippen molar-refractivity contribution in [2.75, 3.05) is 13.2 Å². The van der Waals surface area contributed by atoms with E-state index in [-0.39, 0.29) is 11.7 Å². The van der Waals surface area contributed by atoms with E-state index in [1.807, 2.05) is 43.3 Å². The van der Waals surface area contributed by atoms with Crippen LogP contribution < -0.4 is 4.74 Å². The molecular formula is C22H19F3O3. The molecule has 0 N–H and O–H groups in total. The molecule has 1 fully saturated rings. The molecular weight excluding hydrogens is 369 g/mol. The van der Waals surface area contributed by atoms with Crippen molar-refractivity contribution in [3.8, 4) is 28.7 Å². The molecule has 1 aliphatic heterocycles. The van der Waals surface area contributed by atoms with Gasteiger partial charge in [0.2, 0.25) is 6.29 Å². The highest BCUT2D eigenvalue weighted by Gasteiger charge is 2.30. The Bertz CT molecular complexity index is 851. The van der Waals surface area contributed by atoms with Gasteiger partial charge in [0, 0.05) is 11.5 Å². The van der Waals surface area contributed by atoms with Gasteiger partial charge in [0.05, 0.1) is 13.2 Å². The predicted octanol–water partition coefficient (Wildman–Crippen LogP) is 5.17. The van der Waals surface area contributed by atoms with Crippen molar-refractivity contribution in [3.63, 3.8) is 0 Å². The van der Waals surface area contributed by atoms with Gasteiger partial charge in [-0.25, -0.2) is 0 Å². The lowest BCUT2D eigenvalue weighted by Gasteiger charge is -2.24. The maximum absolute atomic E-state index is 12.2. The van der Waals surface area contributed by atoms with Crippen molar-refractivity contribution in [2.24, 2.45) is 5.92 Å². The zero-order valence-corrected chi connectivity index (χ0v) is 15.2. The van der Waals surface area contributed by atoms with Gasteiger partial charge in [0.1, 0.15) is 5.75 Å². The van der Waals surface area contributed by atoms with Crippen LogP contribution in [0.3, 0.4) is 0 Å². The largest absolute Gasteiger partial charge is 0.573 e. The van der Waals surface area contributed by atoms with Crippen LogP contribution in [-0.4, -0.2) is 25.9 Å². The van der Waals surface area contributed by atoms with E-state index in [0.29, 0.717) is 13.2 Å². The highest BCUT2D eigenvalue weighted by atomic mass is 19.4. The molecule has 146 valence electrons. The third kappa shape index (κ3) is 5.88. The minimum absolute atomic E-state index is 0.247. The average molecular weight is 388 g/mol. The van der Waals surface area contributed by atoms with E-state index in [4.69, 9.17) is 9.47 Å². The van der Waals surface area contributed by atoms with Gasteiger partial charge in [-0.2, -0.15) is 0 Å². The molecule has 2 aromatic rings. The summed E-state index contributed by atoms with van der Waals surface area (Å²) in [5.41, 5.74) is 2.44. The number of rotatable bonds is 3. The summed E-state index contributed by atoms with van der Waals surface area (Å²) in [4.78, 5) is 0. The molecule has 0 unspecified atom stereocenters. The molecule has 1 aliphatic rings. The molecule has 2 aromatic carbocycles. The molecule has 1 heterocycles. The second kappa shape index (κ2) is 8.96. The second-order valence-corrected chi connectivity index (χ2v) is 6.20. The summed E-state index contributed by atoms with van der Waals surface area (Å²) >= 11 is 0. The van der Waals surface area contributed by atoms with Crippen molar-refractivity contribution in [1.29, 1.82) is 0 Å². The summed E-state index contributed by atoms with van der Waals surface area (Å²) in [6.07, 6.45) is -1.21. The summed E-state index contributed by atoms with van der Waals surface area (Å²) in [7, 11) is 0. The standard InChI is InChI=1S/C22H19F3O3/c1-2-3-17-14-26-21(27-15-17)13-6-16-4-7-18(8-5-16)19-9-11-20(12-10-19)28-22(23,24)25/h2-5,7-12,17,21H,14-15H2,1H3/t17-,21-. The molecule has 0 spiro atoms. The minimum Gasteiger partial charge on any atom is -0.406 e. The number of benzene rings is 2. The quantitative estimate of drug-likeness (QED) is 0.536. The number of allylic oxidation sites excluding steroid dienone is 1. The molecule has 0 saturated carbocycles. The fourth-order valence-electron chi connectivity index (χ4n) is 2.72. The zero-order chi connectivity index (χ0) is 20.0. The zero-order valence-electron chi connectivity index (χ0n) is 15.2. The van der Waals surface area contributed by atoms with E-state index < -0.39 is 12.7 Å². The van der Waals surface area contributed by atoms with Crippen LogP contribution in [0.1, 0.15) is 12.5 Å². The van der Waals surface area contributed by atoms with E-state index in [2.05, 4.69) is 16.6 Å². The van der Waals surface area contributed by atoms with Crippen LogP contribution in [0.2, 0.25) is 0 Å². The first kappa shape index (κ1) is 20.0. The first-order valence-corrected chi connectivity index (χ1v) is 8.77. The molecule has 6 heteroatoms. The van der Waals surface area contributed by atoms with Gasteiger partial charge in [-0.3, -0.25) is 0 Å². The average Bonchev–Trinajstić information content (AvgIpc) is 2.68. The lowest BCUT2D eigenvalue weighted by Crippen LogP contribution is -2.30. The molecule has 0 bridgehead atoms. The summed E-state index contributed by atoms with van der Waals surface area (Å²) in [6, 6.07) is 13.1. The molecule has 28 heavy (non-hydrogen) atoms. The van der Waals surface area contributed by atoms with Gasteiger partial charge in [-0.05, 0) is 48.2 Å².